The van der Waals surface area contributed by atoms with Crippen LogP contribution in [0, 0.1) is 5.92 Å². The summed E-state index contributed by atoms with van der Waals surface area (Å²) in [5.41, 5.74) is 1.76. The zero-order chi connectivity index (χ0) is 20.1. The number of carbonyl (C=O) groups excluding carboxylic acids is 2. The number of hydrogen-bond acceptors (Lipinski definition) is 4. The Hall–Kier alpha value is -2.50. The van der Waals surface area contributed by atoms with Crippen molar-refractivity contribution in [3.05, 3.63) is 35.4 Å². The molecule has 0 N–H and O–H groups in total. The minimum atomic E-state index is -0.0502. The standard InChI is InChI=1S/C22H30N2O4/c1-16(17-6-4-5-7-17)14-21(25)23-10-12-24(13-11-23)22(26)18-8-9-19(27-2)20(15-18)28-3/h8-9,14-15,17H,4-7,10-13H2,1-3H3/b16-14+. The van der Waals surface area contributed by atoms with Crippen molar-refractivity contribution in [3.63, 3.8) is 0 Å². The van der Waals surface area contributed by atoms with Gasteiger partial charge >= 0.3 is 0 Å². The van der Waals surface area contributed by atoms with Crippen LogP contribution >= 0.6 is 0 Å². The highest BCUT2D eigenvalue weighted by Gasteiger charge is 2.25. The van der Waals surface area contributed by atoms with E-state index in [4.69, 9.17) is 9.47 Å². The SMILES string of the molecule is COc1ccc(C(=O)N2CCN(C(=O)/C=C(\C)C3CCCC3)CC2)cc1OC. The van der Waals surface area contributed by atoms with Crippen LogP contribution in [0.4, 0.5) is 0 Å². The molecule has 1 aliphatic carbocycles. The summed E-state index contributed by atoms with van der Waals surface area (Å²) in [5.74, 6) is 1.72. The van der Waals surface area contributed by atoms with E-state index >= 15 is 0 Å². The van der Waals surface area contributed by atoms with Crippen LogP contribution in [0.25, 0.3) is 0 Å². The lowest BCUT2D eigenvalue weighted by molar-refractivity contribution is -0.127. The van der Waals surface area contributed by atoms with Crippen molar-refractivity contribution in [2.75, 3.05) is 40.4 Å². The monoisotopic (exact) mass is 386 g/mol. The van der Waals surface area contributed by atoms with Crippen molar-refractivity contribution >= 4 is 11.8 Å². The van der Waals surface area contributed by atoms with Crippen molar-refractivity contribution in [1.29, 1.82) is 0 Å². The van der Waals surface area contributed by atoms with E-state index in [0.717, 1.165) is 0 Å². The number of nitrogens with zero attached hydrogens (tertiary/aromatic N) is 2. The lowest BCUT2D eigenvalue weighted by Crippen LogP contribution is -2.50. The van der Waals surface area contributed by atoms with Gasteiger partial charge in [0.1, 0.15) is 0 Å². The Morgan fingerprint density at radius 3 is 2.18 bits per heavy atom. The first-order valence-corrected chi connectivity index (χ1v) is 10.0. The summed E-state index contributed by atoms with van der Waals surface area (Å²) in [7, 11) is 3.12. The molecule has 0 spiro atoms. The van der Waals surface area contributed by atoms with Crippen molar-refractivity contribution in [3.8, 4) is 11.5 Å². The highest BCUT2D eigenvalue weighted by molar-refractivity contribution is 5.95. The van der Waals surface area contributed by atoms with Gasteiger partial charge in [-0.15, -0.1) is 0 Å². The number of hydrogen-bond donors (Lipinski definition) is 0. The average molecular weight is 386 g/mol. The predicted octanol–water partition coefficient (Wildman–Crippen LogP) is 3.12. The third kappa shape index (κ3) is 4.49. The van der Waals surface area contributed by atoms with E-state index in [1.807, 2.05) is 11.0 Å². The summed E-state index contributed by atoms with van der Waals surface area (Å²) in [6.07, 6.45) is 6.73. The van der Waals surface area contributed by atoms with Crippen LogP contribution in [0.3, 0.4) is 0 Å². The van der Waals surface area contributed by atoms with Gasteiger partial charge in [-0.1, -0.05) is 18.4 Å². The van der Waals surface area contributed by atoms with Crippen LogP contribution in [0.15, 0.2) is 29.8 Å². The number of ether oxygens (including phenoxy) is 2. The molecule has 1 aromatic rings. The van der Waals surface area contributed by atoms with Gasteiger partial charge in [-0.05, 0) is 43.9 Å². The molecule has 6 heteroatoms. The third-order valence-electron chi connectivity index (χ3n) is 5.86. The molecule has 2 fully saturated rings. The molecule has 0 bridgehead atoms. The second kappa shape index (κ2) is 9.13. The quantitative estimate of drug-likeness (QED) is 0.730. The van der Waals surface area contributed by atoms with Gasteiger partial charge in [-0.3, -0.25) is 9.59 Å². The summed E-state index contributed by atoms with van der Waals surface area (Å²) in [4.78, 5) is 29.0. The molecule has 0 aromatic heterocycles. The van der Waals surface area contributed by atoms with E-state index in [0.29, 0.717) is 49.2 Å². The number of methoxy groups -OCH3 is 2. The molecule has 2 aliphatic rings. The van der Waals surface area contributed by atoms with Gasteiger partial charge in [-0.2, -0.15) is 0 Å². The number of benzene rings is 1. The fraction of sp³-hybridized carbons (Fsp3) is 0.545. The molecule has 1 saturated carbocycles. The highest BCUT2D eigenvalue weighted by Crippen LogP contribution is 2.31. The van der Waals surface area contributed by atoms with Gasteiger partial charge in [0.15, 0.2) is 11.5 Å². The highest BCUT2D eigenvalue weighted by atomic mass is 16.5. The van der Waals surface area contributed by atoms with Gasteiger partial charge in [-0.25, -0.2) is 0 Å². The first-order valence-electron chi connectivity index (χ1n) is 10.0. The summed E-state index contributed by atoms with van der Waals surface area (Å²) < 4.78 is 10.5. The molecule has 28 heavy (non-hydrogen) atoms. The Labute approximate surface area is 167 Å². The van der Waals surface area contributed by atoms with Crippen LogP contribution in [0.5, 0.6) is 11.5 Å². The minimum Gasteiger partial charge on any atom is -0.493 e. The third-order valence-corrected chi connectivity index (χ3v) is 5.86. The molecule has 0 radical (unpaired) electrons. The number of rotatable bonds is 5. The molecule has 3 rings (SSSR count). The molecular formula is C22H30N2O4. The molecule has 0 atom stereocenters. The second-order valence-corrected chi connectivity index (χ2v) is 7.56. The number of amides is 2. The Kier molecular flexibility index (Phi) is 6.60. The second-order valence-electron chi connectivity index (χ2n) is 7.56. The summed E-state index contributed by atoms with van der Waals surface area (Å²) in [6.45, 7) is 4.27. The van der Waals surface area contributed by atoms with Crippen molar-refractivity contribution in [2.45, 2.75) is 32.6 Å². The molecule has 1 aliphatic heterocycles. The summed E-state index contributed by atoms with van der Waals surface area (Å²) in [5, 5.41) is 0. The van der Waals surface area contributed by atoms with E-state index in [1.54, 1.807) is 37.3 Å². The van der Waals surface area contributed by atoms with Gasteiger partial charge in [0, 0.05) is 37.8 Å². The van der Waals surface area contributed by atoms with E-state index < -0.39 is 0 Å². The first kappa shape index (κ1) is 20.2. The first-order chi connectivity index (χ1) is 13.5. The fourth-order valence-electron chi connectivity index (χ4n) is 4.07. The Morgan fingerprint density at radius 2 is 1.57 bits per heavy atom. The van der Waals surface area contributed by atoms with Crippen molar-refractivity contribution < 1.29 is 19.1 Å². The molecule has 6 nitrogen and oxygen atoms in total. The number of carbonyl (C=O) groups is 2. The zero-order valence-corrected chi connectivity index (χ0v) is 17.1. The maximum Gasteiger partial charge on any atom is 0.254 e. The average Bonchev–Trinajstić information content (AvgIpc) is 3.28. The Bertz CT molecular complexity index is 745. The maximum absolute atomic E-state index is 12.8. The Morgan fingerprint density at radius 1 is 0.964 bits per heavy atom. The zero-order valence-electron chi connectivity index (χ0n) is 17.1. The van der Waals surface area contributed by atoms with Crippen LogP contribution in [-0.2, 0) is 4.79 Å². The minimum absolute atomic E-state index is 0.0502. The molecule has 1 aromatic carbocycles. The van der Waals surface area contributed by atoms with Crippen LogP contribution in [-0.4, -0.2) is 62.0 Å². The van der Waals surface area contributed by atoms with E-state index in [-0.39, 0.29) is 11.8 Å². The van der Waals surface area contributed by atoms with Crippen molar-refractivity contribution in [1.82, 2.24) is 9.80 Å². The lowest BCUT2D eigenvalue weighted by atomic mass is 9.98. The molecule has 1 heterocycles. The summed E-state index contributed by atoms with van der Waals surface area (Å²) in [6, 6.07) is 5.18. The number of piperazine rings is 1. The topological polar surface area (TPSA) is 59.1 Å². The van der Waals surface area contributed by atoms with E-state index in [9.17, 15) is 9.59 Å². The van der Waals surface area contributed by atoms with Crippen molar-refractivity contribution in [2.24, 2.45) is 5.92 Å². The fourth-order valence-corrected chi connectivity index (χ4v) is 4.07. The molecule has 0 unspecified atom stereocenters. The predicted molar refractivity (Wildman–Crippen MR) is 108 cm³/mol. The number of allylic oxidation sites excluding steroid dienone is 1. The van der Waals surface area contributed by atoms with Gasteiger partial charge < -0.3 is 19.3 Å². The smallest absolute Gasteiger partial charge is 0.254 e. The molecule has 2 amide bonds. The van der Waals surface area contributed by atoms with Gasteiger partial charge in [0.25, 0.3) is 5.91 Å². The molecule has 152 valence electrons. The lowest BCUT2D eigenvalue weighted by Gasteiger charge is -2.34. The van der Waals surface area contributed by atoms with Crippen LogP contribution < -0.4 is 9.47 Å². The van der Waals surface area contributed by atoms with Gasteiger partial charge in [0.05, 0.1) is 14.2 Å². The van der Waals surface area contributed by atoms with Gasteiger partial charge in [0.2, 0.25) is 5.91 Å². The normalized spacial score (nSPS) is 18.3. The maximum atomic E-state index is 12.8. The largest absolute Gasteiger partial charge is 0.493 e. The molecular weight excluding hydrogens is 356 g/mol. The van der Waals surface area contributed by atoms with E-state index in [2.05, 4.69) is 6.92 Å². The van der Waals surface area contributed by atoms with E-state index in [1.165, 1.54) is 31.3 Å². The van der Waals surface area contributed by atoms with Crippen LogP contribution in [0.2, 0.25) is 0 Å². The van der Waals surface area contributed by atoms with Crippen LogP contribution in [0.1, 0.15) is 43.0 Å². The Balaban J connectivity index is 1.58. The summed E-state index contributed by atoms with van der Waals surface area (Å²) >= 11 is 0. The molecule has 1 saturated heterocycles.